The first-order chi connectivity index (χ1) is 8.15. The molecule has 0 N–H and O–H groups in total. The molecule has 88 valence electrons. The Morgan fingerprint density at radius 2 is 2.41 bits per heavy atom. The minimum Gasteiger partial charge on any atom is -0.332 e. The Morgan fingerprint density at radius 1 is 1.59 bits per heavy atom. The summed E-state index contributed by atoms with van der Waals surface area (Å²) < 4.78 is 0.772. The molecule has 1 aliphatic rings. The summed E-state index contributed by atoms with van der Waals surface area (Å²) in [5, 5.41) is 12.9. The number of nitrogens with zero attached hydrogens (tertiary/aromatic N) is 3. The fourth-order valence-corrected chi connectivity index (χ4v) is 2.33. The molecular weight excluding hydrogens is 306 g/mol. The lowest BCUT2D eigenvalue weighted by Crippen LogP contribution is -2.12. The van der Waals surface area contributed by atoms with E-state index >= 15 is 0 Å². The van der Waals surface area contributed by atoms with Crippen molar-refractivity contribution < 1.29 is 4.92 Å². The van der Waals surface area contributed by atoms with Crippen molar-refractivity contribution in [2.45, 2.75) is 6.54 Å². The molecule has 5 nitrogen and oxygen atoms in total. The number of halogens is 1. The van der Waals surface area contributed by atoms with Gasteiger partial charge in [-0.05, 0) is 33.0 Å². The molecule has 0 saturated heterocycles. The van der Waals surface area contributed by atoms with Gasteiger partial charge in [-0.25, -0.2) is 4.98 Å². The van der Waals surface area contributed by atoms with Crippen LogP contribution in [0.1, 0.15) is 5.56 Å². The molecule has 0 fully saturated rings. The van der Waals surface area contributed by atoms with Gasteiger partial charge in [-0.15, -0.1) is 0 Å². The highest BCUT2D eigenvalue weighted by molar-refractivity contribution is 9.10. The van der Waals surface area contributed by atoms with Crippen LogP contribution in [0.5, 0.6) is 0 Å². The Morgan fingerprint density at radius 3 is 3.06 bits per heavy atom. The molecule has 0 spiro atoms. The molecule has 0 atom stereocenters. The second-order valence-corrected chi connectivity index (χ2v) is 5.01. The van der Waals surface area contributed by atoms with Gasteiger partial charge in [-0.1, -0.05) is 17.8 Å². The molecule has 0 amide bonds. The van der Waals surface area contributed by atoms with Gasteiger partial charge in [0.05, 0.1) is 4.92 Å². The highest BCUT2D eigenvalue weighted by Gasteiger charge is 2.16. The first kappa shape index (κ1) is 12.1. The zero-order chi connectivity index (χ0) is 12.3. The first-order valence-corrected chi connectivity index (χ1v) is 6.38. The maximum absolute atomic E-state index is 10.4. The normalized spacial score (nSPS) is 16.8. The summed E-state index contributed by atoms with van der Waals surface area (Å²) in [4.78, 5) is 15.9. The molecule has 0 unspecified atom stereocenters. The minimum absolute atomic E-state index is 0.442. The van der Waals surface area contributed by atoms with Gasteiger partial charge in [-0.2, -0.15) is 0 Å². The lowest BCUT2D eigenvalue weighted by molar-refractivity contribution is -0.403. The van der Waals surface area contributed by atoms with Gasteiger partial charge in [0.25, 0.3) is 6.20 Å². The zero-order valence-electron chi connectivity index (χ0n) is 8.62. The summed E-state index contributed by atoms with van der Waals surface area (Å²) in [7, 11) is 0. The van der Waals surface area contributed by atoms with Gasteiger partial charge in [0.1, 0.15) is 4.60 Å². The molecule has 0 radical (unpaired) electrons. The largest absolute Gasteiger partial charge is 0.332 e. The molecule has 0 aliphatic carbocycles. The van der Waals surface area contributed by atoms with Gasteiger partial charge >= 0.3 is 0 Å². The number of nitro groups is 1. The quantitative estimate of drug-likeness (QED) is 0.488. The van der Waals surface area contributed by atoms with E-state index in [2.05, 4.69) is 20.9 Å². The molecule has 2 heterocycles. The lowest BCUT2D eigenvalue weighted by atomic mass is 10.3. The third-order valence-electron chi connectivity index (χ3n) is 2.07. The van der Waals surface area contributed by atoms with Crippen LogP contribution in [-0.2, 0) is 6.54 Å². The van der Waals surface area contributed by atoms with Gasteiger partial charge in [0, 0.05) is 18.9 Å². The maximum Gasteiger partial charge on any atom is 0.264 e. The molecule has 1 aromatic heterocycles. The van der Waals surface area contributed by atoms with Crippen molar-refractivity contribution in [2.24, 2.45) is 0 Å². The predicted molar refractivity (Wildman–Crippen MR) is 69.3 cm³/mol. The van der Waals surface area contributed by atoms with Crippen molar-refractivity contribution in [2.75, 3.05) is 0 Å². The number of hydrogen-bond acceptors (Lipinski definition) is 5. The summed E-state index contributed by atoms with van der Waals surface area (Å²) in [5.41, 5.74) is 0.995. The number of aromatic nitrogens is 1. The Labute approximate surface area is 110 Å². The second-order valence-electron chi connectivity index (χ2n) is 3.27. The summed E-state index contributed by atoms with van der Waals surface area (Å²) in [5.74, 6) is 0. The number of thioether (sulfide) groups is 1. The topological polar surface area (TPSA) is 59.3 Å². The monoisotopic (exact) mass is 313 g/mol. The smallest absolute Gasteiger partial charge is 0.264 e. The van der Waals surface area contributed by atoms with Crippen molar-refractivity contribution >= 4 is 27.7 Å². The molecule has 7 heteroatoms. The van der Waals surface area contributed by atoms with Crippen LogP contribution in [0, 0.1) is 10.1 Å². The van der Waals surface area contributed by atoms with Crippen LogP contribution in [0.3, 0.4) is 0 Å². The average molecular weight is 314 g/mol. The van der Waals surface area contributed by atoms with E-state index in [0.29, 0.717) is 11.6 Å². The van der Waals surface area contributed by atoms with Crippen LogP contribution in [0.2, 0.25) is 0 Å². The Bertz CT molecular complexity index is 487. The van der Waals surface area contributed by atoms with Crippen LogP contribution in [-0.4, -0.2) is 14.8 Å². The SMILES string of the molecule is O=[N+]([O-])/C=C1/SC=CN1Cc1ccc(Br)nc1. The molecule has 2 rings (SSSR count). The van der Waals surface area contributed by atoms with Crippen molar-refractivity contribution in [3.8, 4) is 0 Å². The van der Waals surface area contributed by atoms with E-state index < -0.39 is 4.92 Å². The van der Waals surface area contributed by atoms with Gasteiger partial charge in [-0.3, -0.25) is 10.1 Å². The summed E-state index contributed by atoms with van der Waals surface area (Å²) in [6, 6.07) is 3.77. The fraction of sp³-hybridized carbons (Fsp3) is 0.100. The van der Waals surface area contributed by atoms with E-state index in [1.165, 1.54) is 11.8 Å². The van der Waals surface area contributed by atoms with Gasteiger partial charge < -0.3 is 4.90 Å². The van der Waals surface area contributed by atoms with E-state index in [0.717, 1.165) is 16.4 Å². The molecule has 0 bridgehead atoms. The lowest BCUT2D eigenvalue weighted by Gasteiger charge is -2.15. The third kappa shape index (κ3) is 3.31. The summed E-state index contributed by atoms with van der Waals surface area (Å²) >= 11 is 4.60. The standard InChI is InChI=1S/C10H8BrN3O2S/c11-9-2-1-8(5-12-9)6-13-3-4-17-10(13)7-14(15)16/h1-5,7H,6H2/b10-7+. The molecule has 0 saturated carbocycles. The van der Waals surface area contributed by atoms with E-state index in [1.807, 2.05) is 28.6 Å². The maximum atomic E-state index is 10.4. The van der Waals surface area contributed by atoms with Gasteiger partial charge in [0.2, 0.25) is 0 Å². The van der Waals surface area contributed by atoms with Crippen LogP contribution >= 0.6 is 27.7 Å². The Kier molecular flexibility index (Phi) is 3.80. The predicted octanol–water partition coefficient (Wildman–Crippen LogP) is 2.94. The van der Waals surface area contributed by atoms with E-state index in [9.17, 15) is 10.1 Å². The number of rotatable bonds is 3. The van der Waals surface area contributed by atoms with Crippen LogP contribution in [0.25, 0.3) is 0 Å². The summed E-state index contributed by atoms with van der Waals surface area (Å²) in [6.45, 7) is 0.573. The number of pyridine rings is 1. The van der Waals surface area contributed by atoms with Crippen molar-refractivity contribution in [1.29, 1.82) is 0 Å². The second kappa shape index (κ2) is 5.33. The van der Waals surface area contributed by atoms with Crippen molar-refractivity contribution in [3.63, 3.8) is 0 Å². The molecular formula is C10H8BrN3O2S. The zero-order valence-corrected chi connectivity index (χ0v) is 11.0. The molecule has 17 heavy (non-hydrogen) atoms. The number of hydrogen-bond donors (Lipinski definition) is 0. The van der Waals surface area contributed by atoms with Crippen LogP contribution in [0.4, 0.5) is 0 Å². The van der Waals surface area contributed by atoms with Crippen molar-refractivity contribution in [3.05, 3.63) is 61.4 Å². The van der Waals surface area contributed by atoms with Crippen molar-refractivity contribution in [1.82, 2.24) is 9.88 Å². The third-order valence-corrected chi connectivity index (χ3v) is 3.38. The fourth-order valence-electron chi connectivity index (χ4n) is 1.34. The van der Waals surface area contributed by atoms with E-state index in [4.69, 9.17) is 0 Å². The highest BCUT2D eigenvalue weighted by atomic mass is 79.9. The summed E-state index contributed by atoms with van der Waals surface area (Å²) in [6.07, 6.45) is 4.57. The van der Waals surface area contributed by atoms with E-state index in [1.54, 1.807) is 6.20 Å². The molecule has 1 aromatic rings. The molecule has 1 aliphatic heterocycles. The first-order valence-electron chi connectivity index (χ1n) is 4.71. The van der Waals surface area contributed by atoms with Crippen LogP contribution in [0.15, 0.2) is 45.8 Å². The molecule has 0 aromatic carbocycles. The van der Waals surface area contributed by atoms with Crippen LogP contribution < -0.4 is 0 Å². The van der Waals surface area contributed by atoms with E-state index in [-0.39, 0.29) is 0 Å². The highest BCUT2D eigenvalue weighted by Crippen LogP contribution is 2.30. The minimum atomic E-state index is -0.442. The average Bonchev–Trinajstić information content (AvgIpc) is 2.68. The Hall–Kier alpha value is -1.34. The Balaban J connectivity index is 2.10. The van der Waals surface area contributed by atoms with Gasteiger partial charge in [0.15, 0.2) is 5.03 Å².